The van der Waals surface area contributed by atoms with Crippen molar-refractivity contribution in [3.05, 3.63) is 75.4 Å². The number of hydrogen-bond donors (Lipinski definition) is 7. The Morgan fingerprint density at radius 3 is 2.31 bits per heavy atom. The number of benzene rings is 2. The molecule has 5 rings (SSSR count). The van der Waals surface area contributed by atoms with Gasteiger partial charge in [-0.3, -0.25) is 19.2 Å². The number of likely N-dealkylation sites (N-methyl/N-ethyl adjacent to an activating group) is 1. The zero-order valence-electron chi connectivity index (χ0n) is 34.6. The molecule has 332 valence electrons. The minimum atomic E-state index is -1.99. The first-order chi connectivity index (χ1) is 28.7. The molecule has 1 aromatic heterocycles. The van der Waals surface area contributed by atoms with E-state index in [-0.39, 0.29) is 39.7 Å². The third-order valence-corrected chi connectivity index (χ3v) is 11.8. The molecule has 17 nitrogen and oxygen atoms in total. The number of aromatic nitrogens is 1. The van der Waals surface area contributed by atoms with Gasteiger partial charge in [0.1, 0.15) is 47.2 Å². The van der Waals surface area contributed by atoms with Crippen LogP contribution < -0.4 is 15.4 Å². The van der Waals surface area contributed by atoms with Crippen molar-refractivity contribution in [3.8, 4) is 5.75 Å². The number of hydrogen-bond acceptors (Lipinski definition) is 12. The van der Waals surface area contributed by atoms with Crippen LogP contribution >= 0.6 is 23.2 Å². The number of cyclic esters (lactones) is 1. The predicted molar refractivity (Wildman–Crippen MR) is 221 cm³/mol. The summed E-state index contributed by atoms with van der Waals surface area (Å²) in [6, 6.07) is 7.48. The number of carboxylic acid groups (broad SMARTS) is 1. The maximum Gasteiger partial charge on any atom is 0.338 e. The van der Waals surface area contributed by atoms with Crippen LogP contribution in [-0.4, -0.2) is 123 Å². The molecule has 0 aliphatic carbocycles. The SMILES string of the molecule is CO[C@@H]1C(=O)O[C@H](C)[C@@H](C)/C=C(/C)C[C@H](C)C(=O)N[C@@H](C)C(=O)N(C)[C@H](Cc2c(Cl)[nH]c3ccccc23)C(=O)N[C@H]1c1ccc(O[C@H]2O[C@H](O)[C@H](O)[C@H](O)[C@@H]2C(=O)O)c(Cl)c1. The van der Waals surface area contributed by atoms with Gasteiger partial charge >= 0.3 is 11.9 Å². The van der Waals surface area contributed by atoms with E-state index in [1.54, 1.807) is 26.0 Å². The van der Waals surface area contributed by atoms with Crippen molar-refractivity contribution in [2.75, 3.05) is 14.2 Å². The van der Waals surface area contributed by atoms with Crippen LogP contribution in [0.25, 0.3) is 10.9 Å². The molecule has 0 bridgehead atoms. The van der Waals surface area contributed by atoms with Gasteiger partial charge in [0.25, 0.3) is 0 Å². The van der Waals surface area contributed by atoms with Crippen LogP contribution in [0.3, 0.4) is 0 Å². The number of carbonyl (C=O) groups is 5. The van der Waals surface area contributed by atoms with Crippen molar-refractivity contribution in [1.82, 2.24) is 20.5 Å². The summed E-state index contributed by atoms with van der Waals surface area (Å²) < 4.78 is 22.5. The zero-order chi connectivity index (χ0) is 45.0. The van der Waals surface area contributed by atoms with Crippen LogP contribution in [0, 0.1) is 17.8 Å². The van der Waals surface area contributed by atoms with Gasteiger partial charge in [-0.2, -0.15) is 0 Å². The summed E-state index contributed by atoms with van der Waals surface area (Å²) in [5.41, 5.74) is 2.23. The third-order valence-electron chi connectivity index (χ3n) is 11.2. The largest absolute Gasteiger partial charge is 0.481 e. The number of rotatable bonds is 7. The van der Waals surface area contributed by atoms with Crippen LogP contribution in [0.1, 0.15) is 58.2 Å². The van der Waals surface area contributed by atoms with Crippen LogP contribution in [0.15, 0.2) is 54.1 Å². The number of H-pyrrole nitrogens is 1. The number of ether oxygens (including phenoxy) is 4. The number of nitrogens with zero attached hydrogens (tertiary/aromatic N) is 1. The van der Waals surface area contributed by atoms with Crippen molar-refractivity contribution >= 4 is 63.8 Å². The number of aliphatic carboxylic acids is 1. The fraction of sp³-hybridized carbons (Fsp3) is 0.500. The Bertz CT molecular complexity index is 2150. The van der Waals surface area contributed by atoms with Crippen LogP contribution in [-0.2, 0) is 44.6 Å². The molecule has 61 heavy (non-hydrogen) atoms. The number of para-hydroxylation sites is 1. The average Bonchev–Trinajstić information content (AvgIpc) is 3.52. The summed E-state index contributed by atoms with van der Waals surface area (Å²) in [6.45, 7) is 8.64. The summed E-state index contributed by atoms with van der Waals surface area (Å²) in [4.78, 5) is 72.7. The van der Waals surface area contributed by atoms with E-state index in [1.165, 1.54) is 44.2 Å². The second-order valence-electron chi connectivity index (χ2n) is 15.7. The van der Waals surface area contributed by atoms with E-state index in [0.29, 0.717) is 22.9 Å². The highest BCUT2D eigenvalue weighted by atomic mass is 35.5. The van der Waals surface area contributed by atoms with Gasteiger partial charge in [0.05, 0.1) is 11.1 Å². The predicted octanol–water partition coefficient (Wildman–Crippen LogP) is 3.25. The second kappa shape index (κ2) is 20.0. The monoisotopic (exact) mass is 890 g/mol. The summed E-state index contributed by atoms with van der Waals surface area (Å²) in [7, 11) is 2.66. The van der Waals surface area contributed by atoms with E-state index < -0.39 is 90.7 Å². The molecule has 0 unspecified atom stereocenters. The molecule has 3 amide bonds. The fourth-order valence-corrected chi connectivity index (χ4v) is 8.03. The number of aromatic amines is 1. The molecule has 2 aliphatic rings. The van der Waals surface area contributed by atoms with E-state index >= 15 is 0 Å². The van der Waals surface area contributed by atoms with E-state index in [0.717, 1.165) is 5.57 Å². The van der Waals surface area contributed by atoms with Gasteiger partial charge in [-0.05, 0) is 56.5 Å². The smallest absolute Gasteiger partial charge is 0.338 e. The minimum Gasteiger partial charge on any atom is -0.481 e. The van der Waals surface area contributed by atoms with Crippen molar-refractivity contribution in [2.24, 2.45) is 17.8 Å². The molecule has 12 atom stereocenters. The standard InChI is InChI=1S/C42H52Cl2N4O13/c1-18-14-19(2)22(5)59-41(57)34(58-7)31(23-12-13-29(26(43)16-23)60-42-30(39(54)55)32(49)33(50)40(56)61-42)47-37(52)28(17-25-24-10-8-9-11-27(24)46-35(25)44)48(6)38(53)21(4)45-36(51)20(3)15-18/h8-14,16,19-22,28,30-34,40,42,46,49-50,56H,15,17H2,1-7H3,(H,45,51)(H,47,52)(H,54,55)/b18-14-/t19-,20-,21-,22+,28+,30+,31-,32+,33+,34-,40-,42-/m0/s1. The summed E-state index contributed by atoms with van der Waals surface area (Å²) in [6.07, 6.45) is -7.81. The number of carboxylic acids is 1. The molecule has 1 saturated heterocycles. The number of aliphatic hydroxyl groups excluding tert-OH is 3. The van der Waals surface area contributed by atoms with Gasteiger partial charge in [-0.25, -0.2) is 4.79 Å². The number of methoxy groups -OCH3 is 1. The first kappa shape index (κ1) is 47.3. The molecule has 2 aliphatic heterocycles. The van der Waals surface area contributed by atoms with Gasteiger partial charge in [-0.15, -0.1) is 0 Å². The lowest BCUT2D eigenvalue weighted by Crippen LogP contribution is -2.58. The normalized spacial score (nSPS) is 32.2. The van der Waals surface area contributed by atoms with Gasteiger partial charge in [0, 0.05) is 43.3 Å². The molecule has 2 aromatic carbocycles. The lowest BCUT2D eigenvalue weighted by Gasteiger charge is -2.38. The van der Waals surface area contributed by atoms with Crippen molar-refractivity contribution in [1.29, 1.82) is 0 Å². The lowest BCUT2D eigenvalue weighted by atomic mass is 9.94. The van der Waals surface area contributed by atoms with Gasteiger partial charge in [-0.1, -0.05) is 73.0 Å². The highest BCUT2D eigenvalue weighted by molar-refractivity contribution is 6.32. The summed E-state index contributed by atoms with van der Waals surface area (Å²) >= 11 is 13.4. The van der Waals surface area contributed by atoms with E-state index in [4.69, 9.17) is 42.1 Å². The second-order valence-corrected chi connectivity index (χ2v) is 16.5. The maximum absolute atomic E-state index is 14.8. The Balaban J connectivity index is 1.59. The molecule has 0 spiro atoms. The lowest BCUT2D eigenvalue weighted by molar-refractivity contribution is -0.306. The van der Waals surface area contributed by atoms with Gasteiger partial charge in [0.2, 0.25) is 24.0 Å². The number of nitrogens with one attached hydrogen (secondary N) is 3. The van der Waals surface area contributed by atoms with Crippen LogP contribution in [0.4, 0.5) is 0 Å². The summed E-state index contributed by atoms with van der Waals surface area (Å²) in [5.74, 6) is -7.06. The molecular formula is C42H52Cl2N4O13. The van der Waals surface area contributed by atoms with Crippen LogP contribution in [0.5, 0.6) is 5.75 Å². The number of allylic oxidation sites excluding steroid dienone is 1. The molecule has 1 fully saturated rings. The van der Waals surface area contributed by atoms with Crippen molar-refractivity contribution in [2.45, 2.75) is 103 Å². The molecule has 19 heteroatoms. The van der Waals surface area contributed by atoms with Crippen molar-refractivity contribution in [3.63, 3.8) is 0 Å². The minimum absolute atomic E-state index is 0.118. The van der Waals surface area contributed by atoms with Gasteiger partial charge < -0.3 is 59.9 Å². The van der Waals surface area contributed by atoms with Crippen LogP contribution in [0.2, 0.25) is 10.2 Å². The first-order valence-electron chi connectivity index (χ1n) is 19.7. The number of amides is 3. The zero-order valence-corrected chi connectivity index (χ0v) is 36.1. The highest BCUT2D eigenvalue weighted by Crippen LogP contribution is 2.35. The Morgan fingerprint density at radius 2 is 1.66 bits per heavy atom. The van der Waals surface area contributed by atoms with E-state index in [1.807, 2.05) is 32.1 Å². The van der Waals surface area contributed by atoms with E-state index in [9.17, 15) is 44.4 Å². The Morgan fingerprint density at radius 1 is 0.967 bits per heavy atom. The first-order valence-corrected chi connectivity index (χ1v) is 20.4. The molecule has 3 aromatic rings. The highest BCUT2D eigenvalue weighted by Gasteiger charge is 2.49. The Hall–Kier alpha value is -4.75. The Kier molecular flexibility index (Phi) is 15.5. The quantitative estimate of drug-likeness (QED) is 0.133. The van der Waals surface area contributed by atoms with Crippen molar-refractivity contribution < 1.29 is 63.3 Å². The number of esters is 1. The fourth-order valence-electron chi connectivity index (χ4n) is 7.52. The number of aliphatic hydroxyl groups is 3. The number of carbonyl (C=O) groups excluding carboxylic acids is 4. The third kappa shape index (κ3) is 10.7. The van der Waals surface area contributed by atoms with Gasteiger partial charge in [0.15, 0.2) is 12.4 Å². The molecule has 7 N–H and O–H groups in total. The average molecular weight is 892 g/mol. The molecule has 3 heterocycles. The van der Waals surface area contributed by atoms with E-state index in [2.05, 4.69) is 15.6 Å². The number of halogens is 2. The molecule has 0 saturated carbocycles. The number of fused-ring (bicyclic) bond motifs is 1. The molecule has 0 radical (unpaired) electrons. The topological polar surface area (TPSA) is 246 Å². The summed E-state index contributed by atoms with van der Waals surface area (Å²) in [5, 5.41) is 46.7. The maximum atomic E-state index is 14.8. The molecular weight excluding hydrogens is 839 g/mol. The Labute approximate surface area is 362 Å².